The Morgan fingerprint density at radius 3 is 1.47 bits per heavy atom. The third kappa shape index (κ3) is 27.2. The Morgan fingerprint density at radius 2 is 1.08 bits per heavy atom. The Labute approximate surface area is 311 Å². The largest absolute Gasteiger partial charge is 0.458 e. The van der Waals surface area contributed by atoms with Crippen LogP contribution in [0.4, 0.5) is 0 Å². The van der Waals surface area contributed by atoms with Crippen LogP contribution in [0.25, 0.3) is 0 Å². The molecule has 1 heterocycles. The van der Waals surface area contributed by atoms with Crippen molar-refractivity contribution in [2.45, 2.75) is 200 Å². The number of hydrogen-bond acceptors (Lipinski definition) is 6. The highest BCUT2D eigenvalue weighted by molar-refractivity contribution is 7.51. The number of hydrogen-bond donors (Lipinski definition) is 3. The maximum Gasteiger partial charge on any atom is 0.458 e. The predicted octanol–water partition coefficient (Wildman–Crippen LogP) is 12.0. The zero-order chi connectivity index (χ0) is 37.1. The minimum atomic E-state index is -4.72. The molecule has 294 valence electrons. The number of allylic oxidation sites excluding steroid dienone is 4. The van der Waals surface area contributed by atoms with E-state index >= 15 is 0 Å². The Kier molecular flexibility index (Phi) is 31.1. The highest BCUT2D eigenvalue weighted by Gasteiger charge is 2.39. The highest BCUT2D eigenvalue weighted by atomic mass is 31.2. The molecule has 0 aliphatic rings. The van der Waals surface area contributed by atoms with Gasteiger partial charge in [-0.2, -0.15) is 10.2 Å². The van der Waals surface area contributed by atoms with Crippen LogP contribution >= 0.6 is 7.75 Å². The van der Waals surface area contributed by atoms with Crippen molar-refractivity contribution < 1.29 is 23.7 Å². The normalized spacial score (nSPS) is 13.0. The van der Waals surface area contributed by atoms with E-state index in [2.05, 4.69) is 53.6 Å². The third-order valence-electron chi connectivity index (χ3n) is 9.26. The molecule has 1 unspecified atom stereocenters. The summed E-state index contributed by atoms with van der Waals surface area (Å²) in [5, 5.41) is 0. The highest BCUT2D eigenvalue weighted by Crippen LogP contribution is 2.46. The molecule has 0 aliphatic heterocycles. The molecule has 0 saturated carbocycles. The number of carbonyl (C=O) groups is 2. The van der Waals surface area contributed by atoms with Gasteiger partial charge in [-0.3, -0.25) is 9.59 Å². The summed E-state index contributed by atoms with van der Waals surface area (Å²) in [5.74, 6) is -1.29. The van der Waals surface area contributed by atoms with Crippen molar-refractivity contribution in [3.63, 3.8) is 0 Å². The summed E-state index contributed by atoms with van der Waals surface area (Å²) in [6.45, 7) is 4.71. The van der Waals surface area contributed by atoms with Gasteiger partial charge >= 0.3 is 7.75 Å². The summed E-state index contributed by atoms with van der Waals surface area (Å²) in [7, 11) is -4.72. The number of nitrogens with zero attached hydrogens (tertiary/aromatic N) is 2. The van der Waals surface area contributed by atoms with Crippen LogP contribution in [0.3, 0.4) is 0 Å². The van der Waals surface area contributed by atoms with E-state index in [0.29, 0.717) is 23.9 Å². The van der Waals surface area contributed by atoms with E-state index in [1.165, 1.54) is 89.9 Å². The van der Waals surface area contributed by atoms with E-state index in [1.807, 2.05) is 0 Å². The lowest BCUT2D eigenvalue weighted by Gasteiger charge is -2.25. The molecule has 1 aromatic heterocycles. The summed E-state index contributed by atoms with van der Waals surface area (Å²) >= 11 is 0. The van der Waals surface area contributed by atoms with Gasteiger partial charge in [0.1, 0.15) is 0 Å². The van der Waals surface area contributed by atoms with Crippen LogP contribution in [0.15, 0.2) is 36.8 Å². The van der Waals surface area contributed by atoms with E-state index in [4.69, 9.17) is 4.62 Å². The Morgan fingerprint density at radius 1 is 0.686 bits per heavy atom. The van der Waals surface area contributed by atoms with Crippen LogP contribution in [0.2, 0.25) is 0 Å². The summed E-state index contributed by atoms with van der Waals surface area (Å²) in [6.07, 6.45) is 42.5. The summed E-state index contributed by atoms with van der Waals surface area (Å²) in [5.41, 5.74) is 3.31. The molecule has 0 bridgehead atoms. The van der Waals surface area contributed by atoms with E-state index in [-0.39, 0.29) is 19.4 Å². The molecule has 9 nitrogen and oxygen atoms in total. The summed E-state index contributed by atoms with van der Waals surface area (Å²) < 4.78 is 18.8. The molecule has 0 saturated heterocycles. The van der Waals surface area contributed by atoms with Gasteiger partial charge in [-0.05, 0) is 64.2 Å². The Balaban J connectivity index is 2.36. The van der Waals surface area contributed by atoms with Gasteiger partial charge in [-0.25, -0.2) is 14.2 Å². The van der Waals surface area contributed by atoms with Crippen LogP contribution < -0.4 is 5.48 Å². The van der Waals surface area contributed by atoms with Gasteiger partial charge in [0.15, 0.2) is 0 Å². The maximum atomic E-state index is 13.2. The number of carbonyl (C=O) groups excluding carboxylic acids is 2. The zero-order valence-electron chi connectivity index (χ0n) is 32.6. The first kappa shape index (κ1) is 47.0. The molecular weight excluding hydrogens is 659 g/mol. The molecule has 1 atom stereocenters. The molecule has 0 fully saturated rings. The molecular formula is C41H75N4O5P. The first-order valence-electron chi connectivity index (χ1n) is 20.8. The standard InChI is InChI=1S/C41H75N4O5P/c1-3-5-7-9-11-13-15-17-19-21-23-25-27-29-31-33-40(46)45(51(48,49)50-44-36-35-39-37-42-38-43-39)41(47)34-32-30-28-26-24-22-20-18-16-14-12-10-8-6-4-2/h17-20,37-38,44H,3-16,21-36H2,1-2H3,(H,42,43)(H,48,49)/b19-17-,20-18-. The Bertz CT molecular complexity index is 1010. The minimum absolute atomic E-state index is 0.0400. The van der Waals surface area contributed by atoms with E-state index in [0.717, 1.165) is 69.9 Å². The van der Waals surface area contributed by atoms with E-state index in [1.54, 1.807) is 12.5 Å². The van der Waals surface area contributed by atoms with Crippen molar-refractivity contribution >= 4 is 19.6 Å². The SMILES string of the molecule is CCCCCCCC/C=C\CCCCCCCC(=O)N(C(=O)CCCCCCC/C=C\CCCCCCCC)P(=O)(O)ONCCc1cnc[nH]1. The lowest BCUT2D eigenvalue weighted by atomic mass is 10.1. The van der Waals surface area contributed by atoms with Gasteiger partial charge in [0, 0.05) is 37.7 Å². The fraction of sp³-hybridized carbons (Fsp3) is 0.780. The van der Waals surface area contributed by atoms with Gasteiger partial charge in [-0.1, -0.05) is 141 Å². The number of hydroxylamine groups is 1. The molecule has 3 N–H and O–H groups in total. The fourth-order valence-corrected chi connectivity index (χ4v) is 7.21. The van der Waals surface area contributed by atoms with Crippen molar-refractivity contribution in [1.29, 1.82) is 0 Å². The molecule has 0 aromatic carbocycles. The molecule has 0 radical (unpaired) electrons. The number of aromatic nitrogens is 2. The number of amides is 2. The van der Waals surface area contributed by atoms with Gasteiger partial charge in [-0.15, -0.1) is 0 Å². The van der Waals surface area contributed by atoms with Crippen LogP contribution in [0, 0.1) is 0 Å². The third-order valence-corrected chi connectivity index (χ3v) is 10.6. The summed E-state index contributed by atoms with van der Waals surface area (Å²) in [4.78, 5) is 44.0. The first-order chi connectivity index (χ1) is 24.9. The number of rotatable bonds is 36. The van der Waals surface area contributed by atoms with Gasteiger partial charge in [0.05, 0.1) is 6.33 Å². The number of unbranched alkanes of at least 4 members (excludes halogenated alkanes) is 22. The topological polar surface area (TPSA) is 125 Å². The number of nitrogens with one attached hydrogen (secondary N) is 2. The molecule has 0 aliphatic carbocycles. The van der Waals surface area contributed by atoms with Crippen LogP contribution in [0.5, 0.6) is 0 Å². The molecule has 1 aromatic rings. The fourth-order valence-electron chi connectivity index (χ4n) is 6.10. The van der Waals surface area contributed by atoms with Crippen LogP contribution in [0.1, 0.15) is 199 Å². The maximum absolute atomic E-state index is 13.2. The molecule has 1 rings (SSSR count). The van der Waals surface area contributed by atoms with E-state index in [9.17, 15) is 19.0 Å². The Hall–Kier alpha value is -2.06. The lowest BCUT2D eigenvalue weighted by Crippen LogP contribution is -2.36. The van der Waals surface area contributed by atoms with Gasteiger partial charge in [0.25, 0.3) is 0 Å². The van der Waals surface area contributed by atoms with Gasteiger partial charge in [0.2, 0.25) is 11.8 Å². The van der Waals surface area contributed by atoms with Crippen molar-refractivity contribution in [3.8, 4) is 0 Å². The average molecular weight is 735 g/mol. The second-order valence-corrected chi connectivity index (χ2v) is 15.6. The molecule has 2 amide bonds. The monoisotopic (exact) mass is 735 g/mol. The number of H-pyrrole nitrogens is 1. The second-order valence-electron chi connectivity index (χ2n) is 14.1. The quantitative estimate of drug-likeness (QED) is 0.0271. The molecule has 10 heteroatoms. The zero-order valence-corrected chi connectivity index (χ0v) is 33.5. The van der Waals surface area contributed by atoms with Crippen molar-refractivity contribution in [2.75, 3.05) is 6.54 Å². The lowest BCUT2D eigenvalue weighted by molar-refractivity contribution is -0.140. The number of imidazole rings is 1. The molecule has 51 heavy (non-hydrogen) atoms. The van der Waals surface area contributed by atoms with Crippen molar-refractivity contribution in [2.24, 2.45) is 0 Å². The van der Waals surface area contributed by atoms with Gasteiger partial charge < -0.3 is 9.88 Å². The second kappa shape index (κ2) is 33.8. The van der Waals surface area contributed by atoms with E-state index < -0.39 is 19.6 Å². The first-order valence-corrected chi connectivity index (χ1v) is 22.3. The summed E-state index contributed by atoms with van der Waals surface area (Å²) in [6, 6.07) is 0. The average Bonchev–Trinajstić information content (AvgIpc) is 3.64. The molecule has 0 spiro atoms. The van der Waals surface area contributed by atoms with Crippen LogP contribution in [-0.4, -0.2) is 37.9 Å². The number of aromatic amines is 1. The minimum Gasteiger partial charge on any atom is -0.348 e. The predicted molar refractivity (Wildman–Crippen MR) is 212 cm³/mol. The smallest absolute Gasteiger partial charge is 0.348 e. The van der Waals surface area contributed by atoms with Crippen molar-refractivity contribution in [1.82, 2.24) is 20.1 Å². The van der Waals surface area contributed by atoms with Crippen molar-refractivity contribution in [3.05, 3.63) is 42.5 Å². The van der Waals surface area contributed by atoms with Crippen LogP contribution in [-0.2, 0) is 25.2 Å². The number of imide groups is 1.